The van der Waals surface area contributed by atoms with Crippen LogP contribution in [0.2, 0.25) is 0 Å². The SMILES string of the molecule is CCc1c(-c2cc(Nc3ccc(N4CCN(C5COC5)CC4)nn3)c(=O)n(C)c2)cc(F)cc1N1CCn2c(cc3c2CCCC3)C1=O. The lowest BCUT2D eigenvalue weighted by molar-refractivity contribution is -0.0661. The number of hydrogen-bond donors (Lipinski definition) is 1. The van der Waals surface area contributed by atoms with E-state index in [9.17, 15) is 9.59 Å². The Morgan fingerprint density at radius 2 is 1.77 bits per heavy atom. The summed E-state index contributed by atoms with van der Waals surface area (Å²) < 4.78 is 24.4. The number of aromatic nitrogens is 4. The van der Waals surface area contributed by atoms with Gasteiger partial charge in [0, 0.05) is 63.8 Å². The number of aryl methyl sites for hydroxylation is 2. The Bertz CT molecular complexity index is 1920. The third-order valence-electron chi connectivity index (χ3n) is 10.4. The fourth-order valence-electron chi connectivity index (χ4n) is 7.76. The first-order valence-corrected chi connectivity index (χ1v) is 17.1. The molecular formula is C36H41FN8O3. The summed E-state index contributed by atoms with van der Waals surface area (Å²) in [4.78, 5) is 33.6. The molecule has 0 unspecified atom stereocenters. The lowest BCUT2D eigenvalue weighted by atomic mass is 9.95. The first-order valence-electron chi connectivity index (χ1n) is 17.1. The van der Waals surface area contributed by atoms with Crippen LogP contribution >= 0.6 is 0 Å². The number of pyridine rings is 1. The minimum absolute atomic E-state index is 0.0958. The minimum Gasteiger partial charge on any atom is -0.378 e. The van der Waals surface area contributed by atoms with Crippen LogP contribution in [0.3, 0.4) is 0 Å². The highest BCUT2D eigenvalue weighted by molar-refractivity contribution is 6.07. The molecule has 1 aliphatic carbocycles. The predicted octanol–water partition coefficient (Wildman–Crippen LogP) is 4.15. The average molecular weight is 653 g/mol. The third-order valence-corrected chi connectivity index (χ3v) is 10.4. The third kappa shape index (κ3) is 5.46. The monoisotopic (exact) mass is 652 g/mol. The van der Waals surface area contributed by atoms with Gasteiger partial charge in [-0.1, -0.05) is 6.92 Å². The zero-order valence-corrected chi connectivity index (χ0v) is 27.5. The standard InChI is InChI=1S/C36H41FN8O3/c1-3-27-28(18-25(37)19-31(27)45-15-14-44-30-7-5-4-6-23(30)17-32(44)36(45)47)24-16-29(35(46)41(2)20-24)38-33-8-9-34(40-39-33)43-12-10-42(11-13-43)26-21-48-22-26/h8-9,16-20,26H,3-7,10-15,21-22H2,1-2H3,(H,38,39). The summed E-state index contributed by atoms with van der Waals surface area (Å²) in [5, 5.41) is 12.0. The zero-order chi connectivity index (χ0) is 32.9. The van der Waals surface area contributed by atoms with Crippen molar-refractivity contribution in [3.63, 3.8) is 0 Å². The molecule has 0 atom stereocenters. The van der Waals surface area contributed by atoms with Crippen LogP contribution in [0.15, 0.2) is 47.4 Å². The van der Waals surface area contributed by atoms with Crippen molar-refractivity contribution in [2.45, 2.75) is 51.6 Å². The smallest absolute Gasteiger partial charge is 0.274 e. The number of carbonyl (C=O) groups is 1. The molecule has 11 nitrogen and oxygen atoms in total. The minimum atomic E-state index is -0.433. The number of ether oxygens (including phenoxy) is 1. The largest absolute Gasteiger partial charge is 0.378 e. The number of hydrogen-bond acceptors (Lipinski definition) is 8. The second-order valence-electron chi connectivity index (χ2n) is 13.3. The molecule has 1 N–H and O–H groups in total. The maximum Gasteiger partial charge on any atom is 0.274 e. The van der Waals surface area contributed by atoms with Gasteiger partial charge in [-0.05, 0) is 85.2 Å². The number of rotatable bonds is 7. The number of amides is 1. The van der Waals surface area contributed by atoms with E-state index in [-0.39, 0.29) is 11.5 Å². The number of benzene rings is 1. The van der Waals surface area contributed by atoms with Gasteiger partial charge in [0.1, 0.15) is 17.2 Å². The van der Waals surface area contributed by atoms with E-state index in [4.69, 9.17) is 4.74 Å². The van der Waals surface area contributed by atoms with Gasteiger partial charge < -0.3 is 29.0 Å². The molecule has 250 valence electrons. The van der Waals surface area contributed by atoms with E-state index in [0.29, 0.717) is 59.6 Å². The quantitative estimate of drug-likeness (QED) is 0.318. The summed E-state index contributed by atoms with van der Waals surface area (Å²) >= 11 is 0. The van der Waals surface area contributed by atoms with E-state index < -0.39 is 5.82 Å². The highest BCUT2D eigenvalue weighted by atomic mass is 19.1. The molecule has 3 aliphatic heterocycles. The van der Waals surface area contributed by atoms with Crippen LogP contribution in [-0.2, 0) is 37.6 Å². The van der Waals surface area contributed by atoms with Gasteiger partial charge in [0.25, 0.3) is 11.5 Å². The highest BCUT2D eigenvalue weighted by Crippen LogP contribution is 2.37. The second-order valence-corrected chi connectivity index (χ2v) is 13.3. The van der Waals surface area contributed by atoms with E-state index in [1.165, 1.54) is 28.0 Å². The number of piperazine rings is 1. The molecular weight excluding hydrogens is 611 g/mol. The lowest BCUT2D eigenvalue weighted by Crippen LogP contribution is -2.56. The van der Waals surface area contributed by atoms with E-state index in [1.807, 2.05) is 25.1 Å². The normalized spacial score (nSPS) is 18.4. The van der Waals surface area contributed by atoms with Gasteiger partial charge in [0.15, 0.2) is 11.6 Å². The van der Waals surface area contributed by atoms with Crippen molar-refractivity contribution in [2.75, 3.05) is 61.1 Å². The predicted molar refractivity (Wildman–Crippen MR) is 183 cm³/mol. The van der Waals surface area contributed by atoms with Gasteiger partial charge in [-0.15, -0.1) is 10.2 Å². The molecule has 4 aliphatic rings. The molecule has 1 amide bonds. The topological polar surface area (TPSA) is 101 Å². The summed E-state index contributed by atoms with van der Waals surface area (Å²) in [7, 11) is 1.68. The van der Waals surface area contributed by atoms with Crippen molar-refractivity contribution in [3.8, 4) is 11.1 Å². The van der Waals surface area contributed by atoms with Crippen molar-refractivity contribution >= 4 is 28.9 Å². The molecule has 0 saturated carbocycles. The number of halogens is 1. The number of nitrogens with one attached hydrogen (secondary N) is 1. The van der Waals surface area contributed by atoms with Crippen LogP contribution < -0.4 is 20.7 Å². The second kappa shape index (κ2) is 12.5. The van der Waals surface area contributed by atoms with Crippen LogP contribution in [0, 0.1) is 5.82 Å². The van der Waals surface area contributed by atoms with Gasteiger partial charge in [-0.2, -0.15) is 0 Å². The Morgan fingerprint density at radius 3 is 2.50 bits per heavy atom. The molecule has 3 aromatic heterocycles. The molecule has 1 aromatic carbocycles. The van der Waals surface area contributed by atoms with Crippen LogP contribution in [0.1, 0.15) is 47.1 Å². The Morgan fingerprint density at radius 1 is 0.958 bits per heavy atom. The molecule has 2 fully saturated rings. The average Bonchev–Trinajstić information content (AvgIpc) is 3.46. The molecule has 6 heterocycles. The number of nitrogens with zero attached hydrogens (tertiary/aromatic N) is 7. The summed E-state index contributed by atoms with van der Waals surface area (Å²) in [5.41, 5.74) is 6.04. The first-order chi connectivity index (χ1) is 23.4. The van der Waals surface area contributed by atoms with Crippen LogP contribution in [0.4, 0.5) is 27.4 Å². The van der Waals surface area contributed by atoms with Crippen LogP contribution in [0.5, 0.6) is 0 Å². The Kier molecular flexibility index (Phi) is 8.00. The van der Waals surface area contributed by atoms with E-state index in [1.54, 1.807) is 24.2 Å². The number of anilines is 4. The Balaban J connectivity index is 1.06. The molecule has 2 saturated heterocycles. The number of carbonyl (C=O) groups excluding carboxylic acids is 1. The van der Waals surface area contributed by atoms with E-state index in [2.05, 4.69) is 29.9 Å². The number of fused-ring (bicyclic) bond motifs is 3. The maximum atomic E-state index is 15.4. The Hall–Kier alpha value is -4.55. The van der Waals surface area contributed by atoms with Crippen molar-refractivity contribution < 1.29 is 13.9 Å². The first kappa shape index (κ1) is 30.8. The molecule has 48 heavy (non-hydrogen) atoms. The Labute approximate surface area is 278 Å². The van der Waals surface area contributed by atoms with Gasteiger partial charge in [-0.25, -0.2) is 4.39 Å². The fourth-order valence-corrected chi connectivity index (χ4v) is 7.76. The van der Waals surface area contributed by atoms with Gasteiger partial charge in [0.2, 0.25) is 0 Å². The van der Waals surface area contributed by atoms with Crippen molar-refractivity contribution in [2.24, 2.45) is 7.05 Å². The van der Waals surface area contributed by atoms with Gasteiger partial charge in [0.05, 0.1) is 24.9 Å². The molecule has 0 bridgehead atoms. The van der Waals surface area contributed by atoms with Crippen molar-refractivity contribution in [1.29, 1.82) is 0 Å². The van der Waals surface area contributed by atoms with Crippen LogP contribution in [0.25, 0.3) is 11.1 Å². The lowest BCUT2D eigenvalue weighted by Gasteiger charge is -2.42. The maximum absolute atomic E-state index is 15.4. The van der Waals surface area contributed by atoms with Crippen LogP contribution in [-0.4, -0.2) is 82.1 Å². The summed E-state index contributed by atoms with van der Waals surface area (Å²) in [5.74, 6) is 0.711. The molecule has 12 heteroatoms. The van der Waals surface area contributed by atoms with Gasteiger partial charge >= 0.3 is 0 Å². The van der Waals surface area contributed by atoms with E-state index >= 15 is 4.39 Å². The zero-order valence-electron chi connectivity index (χ0n) is 27.5. The highest BCUT2D eigenvalue weighted by Gasteiger charge is 2.32. The van der Waals surface area contributed by atoms with Crippen molar-refractivity contribution in [3.05, 3.63) is 81.3 Å². The molecule has 4 aromatic rings. The van der Waals surface area contributed by atoms with Gasteiger partial charge in [-0.3, -0.25) is 14.5 Å². The molecule has 0 spiro atoms. The van der Waals surface area contributed by atoms with Crippen molar-refractivity contribution in [1.82, 2.24) is 24.2 Å². The summed E-state index contributed by atoms with van der Waals surface area (Å²) in [6.07, 6.45) is 6.58. The molecule has 8 rings (SSSR count). The summed E-state index contributed by atoms with van der Waals surface area (Å²) in [6, 6.07) is 11.0. The molecule has 0 radical (unpaired) electrons. The van der Waals surface area contributed by atoms with E-state index in [0.717, 1.165) is 76.5 Å². The summed E-state index contributed by atoms with van der Waals surface area (Å²) in [6.45, 7) is 8.46. The fraction of sp³-hybridized carbons (Fsp3) is 0.444.